The van der Waals surface area contributed by atoms with E-state index in [0.717, 1.165) is 21.9 Å². The van der Waals surface area contributed by atoms with Gasteiger partial charge in [-0.15, -0.1) is 0 Å². The average molecular weight is 570 g/mol. The van der Waals surface area contributed by atoms with E-state index in [9.17, 15) is 9.59 Å². The summed E-state index contributed by atoms with van der Waals surface area (Å²) in [6.07, 6.45) is 1.77. The number of ketones is 1. The summed E-state index contributed by atoms with van der Waals surface area (Å²) in [6.45, 7) is 0.121. The van der Waals surface area contributed by atoms with Crippen LogP contribution in [-0.4, -0.2) is 64.9 Å². The molecule has 3 aromatic carbocycles. The number of fused-ring (bicyclic) bond motifs is 3. The fraction of sp³-hybridized carbons (Fsp3) is 0.212. The van der Waals surface area contributed by atoms with E-state index in [1.165, 1.54) is 7.11 Å². The van der Waals surface area contributed by atoms with Gasteiger partial charge in [-0.3, -0.25) is 4.79 Å². The number of nitrogens with zero attached hydrogens (tertiary/aromatic N) is 1. The molecule has 216 valence electrons. The number of methoxy groups -OCH3 is 5. The zero-order valence-electron chi connectivity index (χ0n) is 24.1. The summed E-state index contributed by atoms with van der Waals surface area (Å²) in [5.74, 6) is 0.391. The fourth-order valence-corrected chi connectivity index (χ4v) is 5.16. The van der Waals surface area contributed by atoms with E-state index in [4.69, 9.17) is 28.4 Å². The molecule has 0 aliphatic rings. The summed E-state index contributed by atoms with van der Waals surface area (Å²) in [6, 6.07) is 20.6. The monoisotopic (exact) mass is 569 g/mol. The Hall–Kier alpha value is -5.02. The first-order valence-electron chi connectivity index (χ1n) is 13.2. The van der Waals surface area contributed by atoms with Crippen LogP contribution in [0.25, 0.3) is 38.5 Å². The zero-order chi connectivity index (χ0) is 29.8. The van der Waals surface area contributed by atoms with Crippen LogP contribution in [0.15, 0.2) is 72.9 Å². The molecule has 0 atom stereocenters. The van der Waals surface area contributed by atoms with E-state index in [1.54, 1.807) is 39.0 Å². The molecule has 0 aliphatic carbocycles. The second kappa shape index (κ2) is 12.2. The van der Waals surface area contributed by atoms with Crippen LogP contribution in [-0.2, 0) is 14.3 Å². The molecule has 0 radical (unpaired) electrons. The zero-order valence-corrected chi connectivity index (χ0v) is 24.1. The SMILES string of the molecule is COCCOC(=O)C(=O)c1c(-c2ccccc2)c(-c2ccc(OC)c(OC)c2)c2c3cc(OC)c(OC)cc3ccn12. The number of hydrogen-bond donors (Lipinski definition) is 0. The van der Waals surface area contributed by atoms with Gasteiger partial charge in [-0.2, -0.15) is 0 Å². The molecule has 5 aromatic rings. The topological polar surface area (TPSA) is 93.9 Å². The van der Waals surface area contributed by atoms with E-state index in [0.29, 0.717) is 39.6 Å². The molecule has 0 amide bonds. The highest BCUT2D eigenvalue weighted by atomic mass is 16.6. The summed E-state index contributed by atoms with van der Waals surface area (Å²) in [5.41, 5.74) is 3.63. The van der Waals surface area contributed by atoms with Gasteiger partial charge in [-0.05, 0) is 46.8 Å². The van der Waals surface area contributed by atoms with Crippen molar-refractivity contribution in [3.8, 4) is 45.3 Å². The third kappa shape index (κ3) is 4.99. The molecule has 0 aliphatic heterocycles. The Balaban J connectivity index is 1.94. The van der Waals surface area contributed by atoms with E-state index >= 15 is 0 Å². The van der Waals surface area contributed by atoms with Gasteiger partial charge < -0.3 is 32.8 Å². The summed E-state index contributed by atoms with van der Waals surface area (Å²) in [5, 5.41) is 1.63. The van der Waals surface area contributed by atoms with Crippen molar-refractivity contribution in [2.45, 2.75) is 0 Å². The lowest BCUT2D eigenvalue weighted by Crippen LogP contribution is -2.21. The maximum absolute atomic E-state index is 13.9. The van der Waals surface area contributed by atoms with Crippen molar-refractivity contribution >= 4 is 28.0 Å². The Morgan fingerprint density at radius 1 is 0.667 bits per heavy atom. The quantitative estimate of drug-likeness (QED) is 0.0849. The van der Waals surface area contributed by atoms with Crippen molar-refractivity contribution in [1.29, 1.82) is 0 Å². The third-order valence-electron chi connectivity index (χ3n) is 7.08. The molecule has 0 unspecified atom stereocenters. The molecule has 5 rings (SSSR count). The van der Waals surface area contributed by atoms with Gasteiger partial charge in [0.05, 0.1) is 40.6 Å². The number of ether oxygens (including phenoxy) is 6. The maximum atomic E-state index is 13.9. The number of benzene rings is 3. The van der Waals surface area contributed by atoms with Crippen molar-refractivity contribution < 1.29 is 38.0 Å². The van der Waals surface area contributed by atoms with Crippen LogP contribution >= 0.6 is 0 Å². The second-order valence-corrected chi connectivity index (χ2v) is 9.32. The van der Waals surface area contributed by atoms with Crippen molar-refractivity contribution in [3.63, 3.8) is 0 Å². The predicted octanol–water partition coefficient (Wildman–Crippen LogP) is 5.83. The Morgan fingerprint density at radius 3 is 2.00 bits per heavy atom. The van der Waals surface area contributed by atoms with Crippen molar-refractivity contribution in [3.05, 3.63) is 78.6 Å². The number of carbonyl (C=O) groups excluding carboxylic acids is 2. The molecule has 42 heavy (non-hydrogen) atoms. The van der Waals surface area contributed by atoms with Gasteiger partial charge in [-0.25, -0.2) is 4.79 Å². The first-order chi connectivity index (χ1) is 20.5. The predicted molar refractivity (Wildman–Crippen MR) is 159 cm³/mol. The van der Waals surface area contributed by atoms with E-state index in [2.05, 4.69) is 0 Å². The molecule has 0 saturated carbocycles. The van der Waals surface area contributed by atoms with E-state index in [-0.39, 0.29) is 18.9 Å². The first kappa shape index (κ1) is 28.5. The van der Waals surface area contributed by atoms with Gasteiger partial charge in [0, 0.05) is 29.8 Å². The molecular formula is C33H31NO8. The van der Waals surface area contributed by atoms with Gasteiger partial charge in [0.1, 0.15) is 12.3 Å². The van der Waals surface area contributed by atoms with Gasteiger partial charge in [0.2, 0.25) is 0 Å². The minimum atomic E-state index is -0.977. The molecule has 2 heterocycles. The molecular weight excluding hydrogens is 538 g/mol. The van der Waals surface area contributed by atoms with E-state index < -0.39 is 11.8 Å². The summed E-state index contributed by atoms with van der Waals surface area (Å²) in [7, 11) is 7.77. The minimum absolute atomic E-state index is 0.0481. The number of carbonyl (C=O) groups is 2. The Bertz CT molecular complexity index is 1770. The minimum Gasteiger partial charge on any atom is -0.493 e. The molecule has 0 bridgehead atoms. The summed E-state index contributed by atoms with van der Waals surface area (Å²) < 4.78 is 34.3. The number of hydrogen-bond acceptors (Lipinski definition) is 8. The third-order valence-corrected chi connectivity index (χ3v) is 7.08. The normalized spacial score (nSPS) is 11.0. The largest absolute Gasteiger partial charge is 0.493 e. The lowest BCUT2D eigenvalue weighted by molar-refractivity contribution is -0.139. The van der Waals surface area contributed by atoms with Crippen LogP contribution in [0, 0.1) is 0 Å². The van der Waals surface area contributed by atoms with Gasteiger partial charge in [0.15, 0.2) is 23.0 Å². The highest BCUT2D eigenvalue weighted by molar-refractivity contribution is 6.42. The highest BCUT2D eigenvalue weighted by Gasteiger charge is 2.31. The summed E-state index contributed by atoms with van der Waals surface area (Å²) in [4.78, 5) is 27.1. The van der Waals surface area contributed by atoms with Crippen LogP contribution in [0.1, 0.15) is 10.5 Å². The van der Waals surface area contributed by atoms with Crippen LogP contribution in [0.2, 0.25) is 0 Å². The lowest BCUT2D eigenvalue weighted by Gasteiger charge is -2.13. The Labute approximate surface area is 243 Å². The van der Waals surface area contributed by atoms with E-state index in [1.807, 2.05) is 66.7 Å². The average Bonchev–Trinajstić information content (AvgIpc) is 3.39. The Morgan fingerprint density at radius 2 is 1.33 bits per heavy atom. The standard InChI is InChI=1S/C33H31NO8/c1-37-15-16-42-33(36)32(35)31-28(20-9-7-6-8-10-20)29(22-11-12-24(38-2)25(18-22)39-3)30-23-19-27(41-5)26(40-4)17-21(23)13-14-34(30)31/h6-14,17-19H,15-16H2,1-5H3. The molecule has 0 N–H and O–H groups in total. The van der Waals surface area contributed by atoms with Crippen molar-refractivity contribution in [1.82, 2.24) is 4.40 Å². The maximum Gasteiger partial charge on any atom is 0.381 e. The first-order valence-corrected chi connectivity index (χ1v) is 13.2. The smallest absolute Gasteiger partial charge is 0.381 e. The Kier molecular flexibility index (Phi) is 8.31. The van der Waals surface area contributed by atoms with Gasteiger partial charge >= 0.3 is 5.97 Å². The molecule has 9 heteroatoms. The van der Waals surface area contributed by atoms with Gasteiger partial charge in [-0.1, -0.05) is 36.4 Å². The highest BCUT2D eigenvalue weighted by Crippen LogP contribution is 2.46. The number of pyridine rings is 1. The number of rotatable bonds is 11. The fourth-order valence-electron chi connectivity index (χ4n) is 5.16. The molecule has 0 fully saturated rings. The molecule has 2 aromatic heterocycles. The van der Waals surface area contributed by atoms with Crippen LogP contribution in [0.3, 0.4) is 0 Å². The van der Waals surface area contributed by atoms with Gasteiger partial charge in [0.25, 0.3) is 5.78 Å². The van der Waals surface area contributed by atoms with Crippen molar-refractivity contribution in [2.24, 2.45) is 0 Å². The summed E-state index contributed by atoms with van der Waals surface area (Å²) >= 11 is 0. The molecule has 0 spiro atoms. The number of Topliss-reactive ketones (excluding diaryl/α,β-unsaturated/α-hetero) is 1. The molecule has 9 nitrogen and oxygen atoms in total. The van der Waals surface area contributed by atoms with Crippen molar-refractivity contribution in [2.75, 3.05) is 48.8 Å². The lowest BCUT2D eigenvalue weighted by atomic mass is 9.93. The van der Waals surface area contributed by atoms with Crippen LogP contribution in [0.4, 0.5) is 0 Å². The second-order valence-electron chi connectivity index (χ2n) is 9.32. The number of esters is 1. The number of aromatic nitrogens is 1. The molecule has 0 saturated heterocycles. The van der Waals surface area contributed by atoms with Crippen LogP contribution in [0.5, 0.6) is 23.0 Å². The van der Waals surface area contributed by atoms with Crippen LogP contribution < -0.4 is 18.9 Å².